The van der Waals surface area contributed by atoms with Crippen LogP contribution in [-0.4, -0.2) is 32.1 Å². The lowest BCUT2D eigenvalue weighted by atomic mass is 10.3. The van der Waals surface area contributed by atoms with Gasteiger partial charge in [0, 0.05) is 12.4 Å². The van der Waals surface area contributed by atoms with Gasteiger partial charge in [-0.15, -0.1) is 0 Å². The topological polar surface area (TPSA) is 85.1 Å². The van der Waals surface area contributed by atoms with Crippen LogP contribution in [0.3, 0.4) is 0 Å². The summed E-state index contributed by atoms with van der Waals surface area (Å²) in [4.78, 5) is 25.1. The summed E-state index contributed by atoms with van der Waals surface area (Å²) in [6, 6.07) is 4.28. The third-order valence-electron chi connectivity index (χ3n) is 1.96. The van der Waals surface area contributed by atoms with Crippen LogP contribution in [0.2, 0.25) is 0 Å². The number of carbonyl (C=O) groups is 2. The number of hydrogen-bond donors (Lipinski definition) is 1. The fraction of sp³-hybridized carbons (Fsp3) is 0. The molecule has 0 bridgehead atoms. The van der Waals surface area contributed by atoms with Crippen molar-refractivity contribution in [1.29, 1.82) is 0 Å². The molecule has 2 aromatic heterocycles. The van der Waals surface area contributed by atoms with Crippen LogP contribution in [0.1, 0.15) is 20.8 Å². The minimum absolute atomic E-state index is 0.119. The number of hydrogen-bond acceptors (Lipinski definition) is 4. The maximum Gasteiger partial charge on any atom is 0.335 e. The first-order chi connectivity index (χ1) is 7.70. The highest BCUT2D eigenvalue weighted by atomic mass is 16.4. The molecule has 0 unspecified atom stereocenters. The summed E-state index contributed by atoms with van der Waals surface area (Å²) < 4.78 is 1.34. The van der Waals surface area contributed by atoms with Crippen molar-refractivity contribution in [2.75, 3.05) is 0 Å². The van der Waals surface area contributed by atoms with E-state index in [1.807, 2.05) is 0 Å². The van der Waals surface area contributed by atoms with Gasteiger partial charge in [0.05, 0.1) is 5.56 Å². The molecule has 0 atom stereocenters. The van der Waals surface area contributed by atoms with Gasteiger partial charge in [-0.1, -0.05) is 0 Å². The van der Waals surface area contributed by atoms with Crippen LogP contribution in [0.5, 0.6) is 0 Å². The van der Waals surface area contributed by atoms with Crippen LogP contribution in [0.25, 0.3) is 5.82 Å². The largest absolute Gasteiger partial charge is 0.478 e. The first-order valence-electron chi connectivity index (χ1n) is 4.41. The van der Waals surface area contributed by atoms with Gasteiger partial charge >= 0.3 is 5.97 Å². The summed E-state index contributed by atoms with van der Waals surface area (Å²) in [7, 11) is 0. The minimum atomic E-state index is -1.04. The predicted octanol–water partition coefficient (Wildman–Crippen LogP) is 0.778. The van der Waals surface area contributed by atoms with Gasteiger partial charge < -0.3 is 5.11 Å². The normalized spacial score (nSPS) is 10.0. The number of carboxylic acids is 1. The third kappa shape index (κ3) is 1.81. The molecule has 0 saturated carbocycles. The average molecular weight is 217 g/mol. The van der Waals surface area contributed by atoms with Crippen LogP contribution in [0.15, 0.2) is 30.6 Å². The molecular formula is C10H7N3O3. The summed E-state index contributed by atoms with van der Waals surface area (Å²) in [5, 5.41) is 12.7. The van der Waals surface area contributed by atoms with Gasteiger partial charge in [-0.2, -0.15) is 5.10 Å². The Morgan fingerprint density at radius 1 is 1.44 bits per heavy atom. The lowest BCUT2D eigenvalue weighted by Crippen LogP contribution is -2.03. The fourth-order valence-electron chi connectivity index (χ4n) is 1.21. The SMILES string of the molecule is O=Cc1ccn(-c2cc(C(=O)O)ccn2)n1. The zero-order valence-electron chi connectivity index (χ0n) is 8.07. The molecule has 0 radical (unpaired) electrons. The Morgan fingerprint density at radius 3 is 2.88 bits per heavy atom. The summed E-state index contributed by atoms with van der Waals surface area (Å²) >= 11 is 0. The van der Waals surface area contributed by atoms with Crippen LogP contribution >= 0.6 is 0 Å². The smallest absolute Gasteiger partial charge is 0.335 e. The monoisotopic (exact) mass is 217 g/mol. The molecule has 0 aliphatic carbocycles. The van der Waals surface area contributed by atoms with Crippen LogP contribution in [0, 0.1) is 0 Å². The molecule has 2 aromatic rings. The second kappa shape index (κ2) is 3.93. The third-order valence-corrected chi connectivity index (χ3v) is 1.96. The molecule has 0 aliphatic rings. The van der Waals surface area contributed by atoms with Crippen LogP contribution in [-0.2, 0) is 0 Å². The van der Waals surface area contributed by atoms with Crippen molar-refractivity contribution in [3.05, 3.63) is 41.9 Å². The zero-order valence-corrected chi connectivity index (χ0v) is 8.07. The molecular weight excluding hydrogens is 210 g/mol. The van der Waals surface area contributed by atoms with Gasteiger partial charge in [-0.25, -0.2) is 14.5 Å². The number of pyridine rings is 1. The standard InChI is InChI=1S/C10H7N3O3/c14-6-8-2-4-13(12-8)9-5-7(10(15)16)1-3-11-9/h1-6H,(H,15,16). The van der Waals surface area contributed by atoms with Crippen molar-refractivity contribution in [3.63, 3.8) is 0 Å². The molecule has 6 nitrogen and oxygen atoms in total. The lowest BCUT2D eigenvalue weighted by Gasteiger charge is -2.00. The molecule has 0 aromatic carbocycles. The average Bonchev–Trinajstić information content (AvgIpc) is 2.77. The highest BCUT2D eigenvalue weighted by Gasteiger charge is 2.06. The Morgan fingerprint density at radius 2 is 2.25 bits per heavy atom. The highest BCUT2D eigenvalue weighted by molar-refractivity contribution is 5.87. The van der Waals surface area contributed by atoms with Crippen molar-refractivity contribution in [3.8, 4) is 5.82 Å². The van der Waals surface area contributed by atoms with Gasteiger partial charge in [0.15, 0.2) is 12.1 Å². The van der Waals surface area contributed by atoms with E-state index in [4.69, 9.17) is 5.11 Å². The summed E-state index contributed by atoms with van der Waals surface area (Å²) in [6.07, 6.45) is 3.52. The van der Waals surface area contributed by atoms with Crippen molar-refractivity contribution in [2.24, 2.45) is 0 Å². The first-order valence-corrected chi connectivity index (χ1v) is 4.41. The van der Waals surface area contributed by atoms with Crippen molar-refractivity contribution < 1.29 is 14.7 Å². The number of carbonyl (C=O) groups excluding carboxylic acids is 1. The quantitative estimate of drug-likeness (QED) is 0.768. The number of aldehydes is 1. The molecule has 0 aliphatic heterocycles. The Hall–Kier alpha value is -2.50. The predicted molar refractivity (Wildman–Crippen MR) is 53.7 cm³/mol. The van der Waals surface area contributed by atoms with Crippen molar-refractivity contribution >= 4 is 12.3 Å². The summed E-state index contributed by atoms with van der Waals surface area (Å²) in [5.74, 6) is -0.681. The fourth-order valence-corrected chi connectivity index (χ4v) is 1.21. The molecule has 0 spiro atoms. The zero-order chi connectivity index (χ0) is 11.5. The number of carboxylic acid groups (broad SMARTS) is 1. The lowest BCUT2D eigenvalue weighted by molar-refractivity contribution is 0.0696. The summed E-state index contributed by atoms with van der Waals surface area (Å²) in [5.41, 5.74) is 0.385. The van der Waals surface area contributed by atoms with Gasteiger partial charge in [0.1, 0.15) is 5.69 Å². The molecule has 0 amide bonds. The van der Waals surface area contributed by atoms with Crippen LogP contribution in [0.4, 0.5) is 0 Å². The number of rotatable bonds is 3. The molecule has 1 N–H and O–H groups in total. The maximum absolute atomic E-state index is 10.7. The molecule has 0 saturated heterocycles. The van der Waals surface area contributed by atoms with Crippen LogP contribution < -0.4 is 0 Å². The molecule has 16 heavy (non-hydrogen) atoms. The van der Waals surface area contributed by atoms with Crippen molar-refractivity contribution in [1.82, 2.24) is 14.8 Å². The van der Waals surface area contributed by atoms with E-state index in [2.05, 4.69) is 10.1 Å². The maximum atomic E-state index is 10.7. The van der Waals surface area contributed by atoms with Gasteiger partial charge in [0.2, 0.25) is 0 Å². The Labute approximate surface area is 90.2 Å². The minimum Gasteiger partial charge on any atom is -0.478 e. The van der Waals surface area contributed by atoms with E-state index < -0.39 is 5.97 Å². The van der Waals surface area contributed by atoms with Crippen molar-refractivity contribution in [2.45, 2.75) is 0 Å². The summed E-state index contributed by atoms with van der Waals surface area (Å²) in [6.45, 7) is 0. The van der Waals surface area contributed by atoms with E-state index in [0.29, 0.717) is 12.1 Å². The Bertz CT molecular complexity index is 548. The second-order valence-electron chi connectivity index (χ2n) is 3.01. The number of nitrogens with zero attached hydrogens (tertiary/aromatic N) is 3. The molecule has 6 heteroatoms. The van der Waals surface area contributed by atoms with E-state index in [9.17, 15) is 9.59 Å². The van der Waals surface area contributed by atoms with Gasteiger partial charge in [-0.3, -0.25) is 4.79 Å². The number of aromatic carboxylic acids is 1. The van der Waals surface area contributed by atoms with Gasteiger partial charge in [0.25, 0.3) is 0 Å². The Kier molecular flexibility index (Phi) is 2.47. The van der Waals surface area contributed by atoms with E-state index >= 15 is 0 Å². The molecule has 2 rings (SSSR count). The van der Waals surface area contributed by atoms with E-state index in [1.165, 1.54) is 35.3 Å². The van der Waals surface area contributed by atoms with Gasteiger partial charge in [-0.05, 0) is 18.2 Å². The number of aromatic nitrogens is 3. The van der Waals surface area contributed by atoms with E-state index in [0.717, 1.165) is 0 Å². The Balaban J connectivity index is 2.43. The molecule has 2 heterocycles. The van der Waals surface area contributed by atoms with E-state index in [1.54, 1.807) is 0 Å². The molecule has 0 fully saturated rings. The first kappa shape index (κ1) is 10.0. The second-order valence-corrected chi connectivity index (χ2v) is 3.01. The molecule has 80 valence electrons. The highest BCUT2D eigenvalue weighted by Crippen LogP contribution is 2.06. The van der Waals surface area contributed by atoms with E-state index in [-0.39, 0.29) is 11.3 Å².